The van der Waals surface area contributed by atoms with Gasteiger partial charge in [-0.15, -0.1) is 0 Å². The molecule has 0 atom stereocenters. The summed E-state index contributed by atoms with van der Waals surface area (Å²) in [6, 6.07) is 8.62. The van der Waals surface area contributed by atoms with Crippen molar-refractivity contribution in [1.82, 2.24) is 9.78 Å². The second kappa shape index (κ2) is 9.32. The predicted octanol–water partition coefficient (Wildman–Crippen LogP) is 3.75. The molecule has 0 aliphatic carbocycles. The number of methoxy groups -OCH3 is 2. The fourth-order valence-electron chi connectivity index (χ4n) is 3.44. The van der Waals surface area contributed by atoms with E-state index in [1.54, 1.807) is 4.68 Å². The molecule has 8 nitrogen and oxygen atoms in total. The van der Waals surface area contributed by atoms with Crippen LogP contribution in [0.4, 0.5) is 5.69 Å². The Morgan fingerprint density at radius 2 is 1.75 bits per heavy atom. The Morgan fingerprint density at radius 3 is 2.34 bits per heavy atom. The zero-order valence-electron chi connectivity index (χ0n) is 18.6. The van der Waals surface area contributed by atoms with Crippen molar-refractivity contribution in [3.63, 3.8) is 0 Å². The van der Waals surface area contributed by atoms with E-state index in [2.05, 4.69) is 10.4 Å². The Labute approximate surface area is 191 Å². The van der Waals surface area contributed by atoms with Gasteiger partial charge in [-0.2, -0.15) is 5.10 Å². The van der Waals surface area contributed by atoms with Crippen LogP contribution in [0.15, 0.2) is 30.3 Å². The third-order valence-electron chi connectivity index (χ3n) is 5.24. The van der Waals surface area contributed by atoms with E-state index in [1.165, 1.54) is 26.4 Å². The van der Waals surface area contributed by atoms with Crippen molar-refractivity contribution >= 4 is 29.1 Å². The molecule has 3 rings (SSSR count). The average Bonchev–Trinajstić information content (AvgIpc) is 3.03. The lowest BCUT2D eigenvalue weighted by Gasteiger charge is -2.14. The van der Waals surface area contributed by atoms with Crippen LogP contribution in [0.1, 0.15) is 32.9 Å². The minimum atomic E-state index is -0.697. The molecule has 0 aliphatic heterocycles. The van der Waals surface area contributed by atoms with Gasteiger partial charge in [-0.25, -0.2) is 4.68 Å². The number of benzene rings is 2. The van der Waals surface area contributed by atoms with E-state index in [4.69, 9.17) is 26.8 Å². The number of ether oxygens (including phenoxy) is 2. The van der Waals surface area contributed by atoms with Gasteiger partial charge >= 0.3 is 0 Å². The molecule has 0 spiro atoms. The van der Waals surface area contributed by atoms with E-state index in [9.17, 15) is 9.59 Å². The van der Waals surface area contributed by atoms with E-state index < -0.39 is 5.91 Å². The van der Waals surface area contributed by atoms with Gasteiger partial charge in [0.1, 0.15) is 0 Å². The second-order valence-electron chi connectivity index (χ2n) is 7.34. The highest BCUT2D eigenvalue weighted by atomic mass is 35.5. The zero-order chi connectivity index (χ0) is 23.6. The molecule has 2 aromatic carbocycles. The highest BCUT2D eigenvalue weighted by Crippen LogP contribution is 2.33. The van der Waals surface area contributed by atoms with Crippen molar-refractivity contribution in [3.8, 4) is 17.2 Å². The molecular weight excluding hydrogens is 432 g/mol. The Balaban J connectivity index is 1.89. The van der Waals surface area contributed by atoms with Gasteiger partial charge in [0, 0.05) is 22.3 Å². The molecule has 0 radical (unpaired) electrons. The van der Waals surface area contributed by atoms with Gasteiger partial charge in [-0.1, -0.05) is 17.7 Å². The molecule has 32 heavy (non-hydrogen) atoms. The number of hydrogen-bond acceptors (Lipinski definition) is 5. The number of hydrogen-bond donors (Lipinski definition) is 2. The summed E-state index contributed by atoms with van der Waals surface area (Å²) >= 11 is 6.26. The number of amides is 2. The first kappa shape index (κ1) is 23.1. The first-order valence-corrected chi connectivity index (χ1v) is 10.2. The molecule has 0 saturated heterocycles. The Kier molecular flexibility index (Phi) is 6.74. The van der Waals surface area contributed by atoms with E-state index in [0.29, 0.717) is 16.5 Å². The van der Waals surface area contributed by atoms with Gasteiger partial charge in [0.15, 0.2) is 11.5 Å². The summed E-state index contributed by atoms with van der Waals surface area (Å²) in [5.74, 6) is -0.321. The average molecular weight is 457 g/mol. The molecule has 0 saturated carbocycles. The number of rotatable bonds is 7. The van der Waals surface area contributed by atoms with Gasteiger partial charge in [0.2, 0.25) is 5.91 Å². The molecule has 3 N–H and O–H groups in total. The van der Waals surface area contributed by atoms with Gasteiger partial charge in [-0.3, -0.25) is 9.59 Å². The largest absolute Gasteiger partial charge is 0.493 e. The topological polar surface area (TPSA) is 108 Å². The Hall–Kier alpha value is -3.52. The van der Waals surface area contributed by atoms with Crippen LogP contribution in [0, 0.1) is 20.8 Å². The Morgan fingerprint density at radius 1 is 1.09 bits per heavy atom. The number of primary amides is 1. The normalized spacial score (nSPS) is 10.7. The molecule has 168 valence electrons. The molecule has 0 fully saturated rings. The van der Waals surface area contributed by atoms with Crippen molar-refractivity contribution in [2.24, 2.45) is 5.73 Å². The van der Waals surface area contributed by atoms with Gasteiger partial charge in [0.05, 0.1) is 43.3 Å². The number of aryl methyl sites for hydroxylation is 2. The van der Waals surface area contributed by atoms with Crippen LogP contribution in [0.2, 0.25) is 5.02 Å². The molecular formula is C23H25ClN4O4. The summed E-state index contributed by atoms with van der Waals surface area (Å²) in [5, 5.41) is 7.97. The summed E-state index contributed by atoms with van der Waals surface area (Å²) in [7, 11) is 2.91. The van der Waals surface area contributed by atoms with Crippen LogP contribution < -0.4 is 20.5 Å². The van der Waals surface area contributed by atoms with Gasteiger partial charge < -0.3 is 20.5 Å². The number of carbonyl (C=O) groups is 2. The van der Waals surface area contributed by atoms with E-state index >= 15 is 0 Å². The van der Waals surface area contributed by atoms with Crippen LogP contribution in [0.3, 0.4) is 0 Å². The zero-order valence-corrected chi connectivity index (χ0v) is 19.3. The monoisotopic (exact) mass is 456 g/mol. The third-order valence-corrected chi connectivity index (χ3v) is 5.65. The maximum Gasteiger partial charge on any atom is 0.250 e. The SMILES string of the molecule is COc1cc(NC(=O)Cc2c(C)nn(-c3ccc(C)c(Cl)c3)c2C)c(C(N)=O)cc1OC. The smallest absolute Gasteiger partial charge is 0.250 e. The van der Waals surface area contributed by atoms with Crippen molar-refractivity contribution in [2.45, 2.75) is 27.2 Å². The second-order valence-corrected chi connectivity index (χ2v) is 7.74. The fourth-order valence-corrected chi connectivity index (χ4v) is 3.61. The number of nitrogens with zero attached hydrogens (tertiary/aromatic N) is 2. The van der Waals surface area contributed by atoms with Crippen molar-refractivity contribution in [1.29, 1.82) is 0 Å². The molecule has 3 aromatic rings. The maximum absolute atomic E-state index is 12.9. The Bertz CT molecular complexity index is 1200. The van der Waals surface area contributed by atoms with Crippen molar-refractivity contribution in [2.75, 3.05) is 19.5 Å². The third kappa shape index (κ3) is 4.55. The molecule has 1 heterocycles. The predicted molar refractivity (Wildman–Crippen MR) is 123 cm³/mol. The summed E-state index contributed by atoms with van der Waals surface area (Å²) in [6.07, 6.45) is 0.0593. The van der Waals surface area contributed by atoms with E-state index in [-0.39, 0.29) is 23.6 Å². The van der Waals surface area contributed by atoms with Gasteiger partial charge in [-0.05, 0) is 44.5 Å². The summed E-state index contributed by atoms with van der Waals surface area (Å²) in [4.78, 5) is 24.8. The van der Waals surface area contributed by atoms with Gasteiger partial charge in [0.25, 0.3) is 5.91 Å². The molecule has 9 heteroatoms. The van der Waals surface area contributed by atoms with Crippen LogP contribution in [0.25, 0.3) is 5.69 Å². The standard InChI is InChI=1S/C23H25ClN4O4/c1-12-6-7-15(8-18(12)24)28-14(3)16(13(2)27-28)10-22(29)26-19-11-21(32-5)20(31-4)9-17(19)23(25)30/h6-9,11H,10H2,1-5H3,(H2,25,30)(H,26,29). The number of nitrogens with one attached hydrogen (secondary N) is 1. The van der Waals surface area contributed by atoms with Crippen LogP contribution in [-0.4, -0.2) is 35.8 Å². The molecule has 2 amide bonds. The van der Waals surface area contributed by atoms with Crippen molar-refractivity contribution in [3.05, 3.63) is 63.4 Å². The van der Waals surface area contributed by atoms with E-state index in [0.717, 1.165) is 28.2 Å². The lowest BCUT2D eigenvalue weighted by molar-refractivity contribution is -0.115. The number of halogens is 1. The number of aromatic nitrogens is 2. The number of carbonyl (C=O) groups excluding carboxylic acids is 2. The van der Waals surface area contributed by atoms with Crippen LogP contribution >= 0.6 is 11.6 Å². The minimum Gasteiger partial charge on any atom is -0.493 e. The lowest BCUT2D eigenvalue weighted by atomic mass is 10.1. The lowest BCUT2D eigenvalue weighted by Crippen LogP contribution is -2.20. The molecule has 0 unspecified atom stereocenters. The fraction of sp³-hybridized carbons (Fsp3) is 0.261. The number of nitrogens with two attached hydrogens (primary N) is 1. The first-order valence-electron chi connectivity index (χ1n) is 9.83. The molecule has 0 bridgehead atoms. The maximum atomic E-state index is 12.9. The minimum absolute atomic E-state index is 0.0593. The van der Waals surface area contributed by atoms with E-state index in [1.807, 2.05) is 39.0 Å². The first-order chi connectivity index (χ1) is 15.2. The highest BCUT2D eigenvalue weighted by Gasteiger charge is 2.20. The summed E-state index contributed by atoms with van der Waals surface area (Å²) < 4.78 is 12.2. The van der Waals surface area contributed by atoms with Crippen molar-refractivity contribution < 1.29 is 19.1 Å². The van der Waals surface area contributed by atoms with Crippen LogP contribution in [-0.2, 0) is 11.2 Å². The summed E-state index contributed by atoms with van der Waals surface area (Å²) in [5.41, 5.74) is 9.94. The number of anilines is 1. The quantitative estimate of drug-likeness (QED) is 0.562. The summed E-state index contributed by atoms with van der Waals surface area (Å²) in [6.45, 7) is 5.66. The highest BCUT2D eigenvalue weighted by molar-refractivity contribution is 6.31. The van der Waals surface area contributed by atoms with Crippen LogP contribution in [0.5, 0.6) is 11.5 Å². The molecule has 1 aromatic heterocycles. The molecule has 0 aliphatic rings.